The van der Waals surface area contributed by atoms with E-state index in [0.717, 1.165) is 24.2 Å². The van der Waals surface area contributed by atoms with E-state index in [1.54, 1.807) is 25.7 Å². The molecule has 16 heavy (non-hydrogen) atoms. The highest BCUT2D eigenvalue weighted by atomic mass is 14.2. The summed E-state index contributed by atoms with van der Waals surface area (Å²) in [6.45, 7) is 6.02. The van der Waals surface area contributed by atoms with Crippen molar-refractivity contribution in [1.82, 2.24) is 0 Å². The molecule has 0 saturated heterocycles. The van der Waals surface area contributed by atoms with Gasteiger partial charge in [0.15, 0.2) is 0 Å². The maximum absolute atomic E-state index is 2.48. The maximum Gasteiger partial charge on any atom is 0.149 e. The van der Waals surface area contributed by atoms with Crippen LogP contribution in [-0.4, -0.2) is 6.71 Å². The second-order valence-corrected chi connectivity index (χ2v) is 6.62. The highest BCUT2D eigenvalue weighted by Crippen LogP contribution is 2.45. The van der Waals surface area contributed by atoms with Gasteiger partial charge in [0.25, 0.3) is 0 Å². The van der Waals surface area contributed by atoms with Crippen LogP contribution in [0.15, 0.2) is 0 Å². The smallest absolute Gasteiger partial charge is 0.0693 e. The summed E-state index contributed by atoms with van der Waals surface area (Å²) in [6.07, 6.45) is 15.2. The molecule has 0 aliphatic heterocycles. The molecule has 0 amide bonds. The van der Waals surface area contributed by atoms with Crippen molar-refractivity contribution in [3.8, 4) is 0 Å². The first kappa shape index (κ1) is 12.5. The number of hydrogen-bond acceptors (Lipinski definition) is 0. The van der Waals surface area contributed by atoms with Crippen molar-refractivity contribution in [2.75, 3.05) is 0 Å². The standard InChI is InChI=1S/C15H29B/c1-13(2)16(14-9-5-3-6-10-14)15-11-7-4-8-12-15/h13-15H,3-12H2,1-2H3. The molecule has 0 spiro atoms. The van der Waals surface area contributed by atoms with E-state index in [4.69, 9.17) is 0 Å². The van der Waals surface area contributed by atoms with E-state index in [0.29, 0.717) is 0 Å². The van der Waals surface area contributed by atoms with Gasteiger partial charge in [-0.2, -0.15) is 0 Å². The highest BCUT2D eigenvalue weighted by Gasteiger charge is 2.36. The van der Waals surface area contributed by atoms with E-state index in [9.17, 15) is 0 Å². The Balaban J connectivity index is 1.96. The third-order valence-corrected chi connectivity index (χ3v) is 5.16. The van der Waals surface area contributed by atoms with Crippen molar-refractivity contribution < 1.29 is 0 Å². The summed E-state index contributed by atoms with van der Waals surface area (Å²) in [5.74, 6) is 3.08. The molecule has 0 aromatic carbocycles. The van der Waals surface area contributed by atoms with Gasteiger partial charge in [-0.05, 0) is 0 Å². The maximum atomic E-state index is 2.48. The van der Waals surface area contributed by atoms with E-state index in [1.807, 2.05) is 0 Å². The van der Waals surface area contributed by atoms with Gasteiger partial charge in [0.05, 0.1) is 0 Å². The van der Waals surface area contributed by atoms with Crippen LogP contribution < -0.4 is 0 Å². The number of hydrogen-bond donors (Lipinski definition) is 0. The summed E-state index contributed by atoms with van der Waals surface area (Å²) < 4.78 is 0. The SMILES string of the molecule is CC(C)B(C1CCCCC1)C1CCCCC1. The number of rotatable bonds is 3. The van der Waals surface area contributed by atoms with E-state index >= 15 is 0 Å². The van der Waals surface area contributed by atoms with Crippen molar-refractivity contribution >= 4 is 6.71 Å². The Hall–Kier alpha value is 0.0649. The zero-order valence-corrected chi connectivity index (χ0v) is 11.4. The molecule has 0 heterocycles. The third kappa shape index (κ3) is 3.05. The molecule has 0 N–H and O–H groups in total. The highest BCUT2D eigenvalue weighted by molar-refractivity contribution is 6.63. The molecule has 0 radical (unpaired) electrons. The second kappa shape index (κ2) is 6.12. The van der Waals surface area contributed by atoms with Gasteiger partial charge in [0.2, 0.25) is 0 Å². The molecule has 0 unspecified atom stereocenters. The van der Waals surface area contributed by atoms with Gasteiger partial charge in [0.1, 0.15) is 6.71 Å². The molecule has 2 aliphatic rings. The van der Waals surface area contributed by atoms with Gasteiger partial charge in [-0.15, -0.1) is 0 Å². The Labute approximate surface area is 103 Å². The summed E-state index contributed by atoms with van der Waals surface area (Å²) in [5.41, 5.74) is 0. The lowest BCUT2D eigenvalue weighted by Crippen LogP contribution is -2.32. The molecule has 0 atom stereocenters. The average molecular weight is 220 g/mol. The van der Waals surface area contributed by atoms with Crippen LogP contribution >= 0.6 is 0 Å². The first-order valence-corrected chi connectivity index (χ1v) is 7.79. The van der Waals surface area contributed by atoms with Crippen LogP contribution in [0.25, 0.3) is 0 Å². The second-order valence-electron chi connectivity index (χ2n) is 6.62. The molecule has 1 heteroatoms. The van der Waals surface area contributed by atoms with Gasteiger partial charge < -0.3 is 0 Å². The van der Waals surface area contributed by atoms with Crippen LogP contribution in [0.3, 0.4) is 0 Å². The lowest BCUT2D eigenvalue weighted by atomic mass is 9.25. The van der Waals surface area contributed by atoms with E-state index in [2.05, 4.69) is 13.8 Å². The first-order valence-electron chi connectivity index (χ1n) is 7.79. The lowest BCUT2D eigenvalue weighted by Gasteiger charge is -2.38. The fraction of sp³-hybridized carbons (Fsp3) is 1.00. The molecule has 2 fully saturated rings. The molecular weight excluding hydrogens is 191 g/mol. The van der Waals surface area contributed by atoms with Crippen molar-refractivity contribution in [3.05, 3.63) is 0 Å². The summed E-state index contributed by atoms with van der Waals surface area (Å²) in [6, 6.07) is 0. The molecule has 0 bridgehead atoms. The van der Waals surface area contributed by atoms with Crippen molar-refractivity contribution in [3.63, 3.8) is 0 Å². The van der Waals surface area contributed by atoms with Crippen LogP contribution in [0.2, 0.25) is 17.5 Å². The van der Waals surface area contributed by atoms with Crippen molar-refractivity contribution in [2.45, 2.75) is 95.5 Å². The van der Waals surface area contributed by atoms with E-state index < -0.39 is 0 Å². The molecule has 0 aromatic heterocycles. The zero-order valence-electron chi connectivity index (χ0n) is 11.4. The van der Waals surface area contributed by atoms with E-state index in [-0.39, 0.29) is 0 Å². The van der Waals surface area contributed by atoms with Gasteiger partial charge in [-0.25, -0.2) is 0 Å². The Kier molecular flexibility index (Phi) is 4.79. The third-order valence-electron chi connectivity index (χ3n) is 5.16. The van der Waals surface area contributed by atoms with Crippen molar-refractivity contribution in [2.24, 2.45) is 0 Å². The minimum atomic E-state index is 0.922. The zero-order chi connectivity index (χ0) is 11.4. The quantitative estimate of drug-likeness (QED) is 0.546. The molecule has 2 saturated carbocycles. The van der Waals surface area contributed by atoms with Crippen LogP contribution in [0.5, 0.6) is 0 Å². The Morgan fingerprint density at radius 2 is 1.06 bits per heavy atom. The van der Waals surface area contributed by atoms with Crippen LogP contribution in [0, 0.1) is 0 Å². The Bertz CT molecular complexity index is 170. The van der Waals surface area contributed by atoms with Crippen molar-refractivity contribution in [1.29, 1.82) is 0 Å². The molecule has 92 valence electrons. The molecule has 2 rings (SSSR count). The lowest BCUT2D eigenvalue weighted by molar-refractivity contribution is 0.456. The van der Waals surface area contributed by atoms with Crippen LogP contribution in [0.1, 0.15) is 78.1 Å². The predicted molar refractivity (Wildman–Crippen MR) is 74.5 cm³/mol. The Morgan fingerprint density at radius 1 is 0.688 bits per heavy atom. The van der Waals surface area contributed by atoms with Crippen LogP contribution in [-0.2, 0) is 0 Å². The van der Waals surface area contributed by atoms with Gasteiger partial charge in [-0.1, -0.05) is 95.5 Å². The molecule has 0 aromatic rings. The Morgan fingerprint density at radius 3 is 1.38 bits per heavy atom. The minimum Gasteiger partial charge on any atom is -0.0693 e. The fourth-order valence-corrected chi connectivity index (χ4v) is 4.51. The van der Waals surface area contributed by atoms with Crippen LogP contribution in [0.4, 0.5) is 0 Å². The topological polar surface area (TPSA) is 0 Å². The summed E-state index contributed by atoms with van der Waals surface area (Å²) in [4.78, 5) is 0. The summed E-state index contributed by atoms with van der Waals surface area (Å²) in [5, 5.41) is 0. The summed E-state index contributed by atoms with van der Waals surface area (Å²) >= 11 is 0. The first-order chi connectivity index (χ1) is 7.79. The average Bonchev–Trinajstić information content (AvgIpc) is 2.31. The van der Waals surface area contributed by atoms with Gasteiger partial charge in [0, 0.05) is 0 Å². The van der Waals surface area contributed by atoms with Gasteiger partial charge in [-0.3, -0.25) is 0 Å². The monoisotopic (exact) mass is 220 g/mol. The fourth-order valence-electron chi connectivity index (χ4n) is 4.51. The predicted octanol–water partition coefficient (Wildman–Crippen LogP) is 5.56. The molecule has 0 nitrogen and oxygen atoms in total. The summed E-state index contributed by atoms with van der Waals surface area (Å²) in [7, 11) is 0. The normalized spacial score (nSPS) is 24.9. The minimum absolute atomic E-state index is 0.922. The van der Waals surface area contributed by atoms with Gasteiger partial charge >= 0.3 is 0 Å². The molecule has 2 aliphatic carbocycles. The van der Waals surface area contributed by atoms with E-state index in [1.165, 1.54) is 38.5 Å². The molecular formula is C15H29B. The largest absolute Gasteiger partial charge is 0.149 e.